The Morgan fingerprint density at radius 1 is 1.42 bits per heavy atom. The summed E-state index contributed by atoms with van der Waals surface area (Å²) in [5.41, 5.74) is 2.02. The summed E-state index contributed by atoms with van der Waals surface area (Å²) in [6.45, 7) is 1.97. The Morgan fingerprint density at radius 3 is 2.50 bits per heavy atom. The maximum atomic E-state index is 10.9. The molecule has 0 aliphatic heterocycles. The molecule has 0 fully saturated rings. The van der Waals surface area contributed by atoms with Gasteiger partial charge in [-0.2, -0.15) is 0 Å². The normalized spacial score (nSPS) is 9.58. The van der Waals surface area contributed by atoms with E-state index in [1.54, 1.807) is 11.9 Å². The lowest BCUT2D eigenvalue weighted by molar-refractivity contribution is 0.267. The SMILES string of the molecule is Cc1ccccc1N(C)C(=O)Br. The second-order valence-corrected chi connectivity index (χ2v) is 3.28. The zero-order valence-electron chi connectivity index (χ0n) is 7.04. The van der Waals surface area contributed by atoms with Crippen LogP contribution in [-0.2, 0) is 0 Å². The van der Waals surface area contributed by atoms with E-state index in [4.69, 9.17) is 0 Å². The fourth-order valence-corrected chi connectivity index (χ4v) is 1.23. The van der Waals surface area contributed by atoms with Gasteiger partial charge in [0.1, 0.15) is 0 Å². The third-order valence-corrected chi connectivity index (χ3v) is 2.27. The first-order valence-electron chi connectivity index (χ1n) is 3.61. The molecule has 0 aliphatic rings. The molecule has 1 rings (SSSR count). The quantitative estimate of drug-likeness (QED) is 0.534. The van der Waals surface area contributed by atoms with Crippen LogP contribution in [0.5, 0.6) is 0 Å². The van der Waals surface area contributed by atoms with Crippen LogP contribution < -0.4 is 4.90 Å². The lowest BCUT2D eigenvalue weighted by atomic mass is 10.2. The molecule has 0 N–H and O–H groups in total. The largest absolute Gasteiger partial charge is 0.306 e. The number of nitrogens with zero attached hydrogens (tertiary/aromatic N) is 1. The van der Waals surface area contributed by atoms with E-state index in [1.165, 1.54) is 0 Å². The van der Waals surface area contributed by atoms with E-state index in [0.29, 0.717) is 0 Å². The molecular formula is C9H10BrNO. The summed E-state index contributed by atoms with van der Waals surface area (Å²) in [4.78, 5) is 12.4. The molecule has 0 unspecified atom stereocenters. The van der Waals surface area contributed by atoms with Crippen molar-refractivity contribution in [3.63, 3.8) is 0 Å². The van der Waals surface area contributed by atoms with Gasteiger partial charge in [0.2, 0.25) is 0 Å². The van der Waals surface area contributed by atoms with Crippen molar-refractivity contribution < 1.29 is 4.79 Å². The van der Waals surface area contributed by atoms with Crippen LogP contribution in [0.4, 0.5) is 10.5 Å². The molecule has 0 saturated heterocycles. The van der Waals surface area contributed by atoms with Gasteiger partial charge in [-0.25, -0.2) is 0 Å². The number of halogens is 1. The number of benzene rings is 1. The molecule has 0 heterocycles. The van der Waals surface area contributed by atoms with E-state index in [1.807, 2.05) is 31.2 Å². The predicted octanol–water partition coefficient (Wildman–Crippen LogP) is 2.95. The smallest absolute Gasteiger partial charge is 0.293 e. The molecule has 2 nitrogen and oxygen atoms in total. The zero-order chi connectivity index (χ0) is 9.14. The number of anilines is 1. The van der Waals surface area contributed by atoms with E-state index in [9.17, 15) is 4.79 Å². The Bertz CT molecular complexity index is 298. The van der Waals surface area contributed by atoms with Crippen molar-refractivity contribution in [1.82, 2.24) is 0 Å². The monoisotopic (exact) mass is 227 g/mol. The Morgan fingerprint density at radius 2 is 2.00 bits per heavy atom. The zero-order valence-corrected chi connectivity index (χ0v) is 8.63. The maximum absolute atomic E-state index is 10.9. The van der Waals surface area contributed by atoms with Crippen LogP contribution in [0.15, 0.2) is 24.3 Å². The molecule has 1 amide bonds. The summed E-state index contributed by atoms with van der Waals surface area (Å²) in [5.74, 6) is 0. The van der Waals surface area contributed by atoms with Crippen LogP contribution >= 0.6 is 15.9 Å². The number of para-hydroxylation sites is 1. The Hall–Kier alpha value is -0.830. The van der Waals surface area contributed by atoms with Crippen molar-refractivity contribution in [2.45, 2.75) is 6.92 Å². The lowest BCUT2D eigenvalue weighted by Crippen LogP contribution is -2.19. The molecule has 12 heavy (non-hydrogen) atoms. The van der Waals surface area contributed by atoms with Crippen LogP contribution in [0.25, 0.3) is 0 Å². The first-order valence-corrected chi connectivity index (χ1v) is 4.41. The molecule has 0 bridgehead atoms. The molecule has 1 aromatic rings. The van der Waals surface area contributed by atoms with Crippen LogP contribution in [0, 0.1) is 6.92 Å². The molecule has 1 aromatic carbocycles. The van der Waals surface area contributed by atoms with Gasteiger partial charge in [0.25, 0.3) is 4.82 Å². The van der Waals surface area contributed by atoms with Crippen molar-refractivity contribution in [1.29, 1.82) is 0 Å². The van der Waals surface area contributed by atoms with Gasteiger partial charge in [0, 0.05) is 28.7 Å². The summed E-state index contributed by atoms with van der Waals surface area (Å²) in [6, 6.07) is 7.75. The molecule has 3 heteroatoms. The van der Waals surface area contributed by atoms with Crippen molar-refractivity contribution in [3.8, 4) is 0 Å². The maximum Gasteiger partial charge on any atom is 0.293 e. The Kier molecular flexibility index (Phi) is 2.87. The summed E-state index contributed by atoms with van der Waals surface area (Å²) in [5, 5.41) is 0. The first kappa shape index (κ1) is 9.26. The third kappa shape index (κ3) is 1.85. The first-order chi connectivity index (χ1) is 5.63. The van der Waals surface area contributed by atoms with Crippen LogP contribution in [0.3, 0.4) is 0 Å². The second kappa shape index (κ2) is 3.72. The Balaban J connectivity index is 3.02. The molecule has 0 saturated carbocycles. The average molecular weight is 228 g/mol. The van der Waals surface area contributed by atoms with Gasteiger partial charge < -0.3 is 4.90 Å². The van der Waals surface area contributed by atoms with Gasteiger partial charge in [-0.05, 0) is 18.6 Å². The van der Waals surface area contributed by atoms with E-state index >= 15 is 0 Å². The standard InChI is InChI=1S/C9H10BrNO/c1-7-5-3-4-6-8(7)11(2)9(10)12/h3-6H,1-2H3. The van der Waals surface area contributed by atoms with Crippen LogP contribution in [-0.4, -0.2) is 11.9 Å². The minimum absolute atomic E-state index is 0.128. The summed E-state index contributed by atoms with van der Waals surface area (Å²) in [6.07, 6.45) is 0. The van der Waals surface area contributed by atoms with Crippen molar-refractivity contribution in [2.24, 2.45) is 0 Å². The van der Waals surface area contributed by atoms with Crippen LogP contribution in [0.2, 0.25) is 0 Å². The van der Waals surface area contributed by atoms with E-state index in [0.717, 1.165) is 11.3 Å². The van der Waals surface area contributed by atoms with Crippen LogP contribution in [0.1, 0.15) is 5.56 Å². The molecule has 0 radical (unpaired) electrons. The van der Waals surface area contributed by atoms with Gasteiger partial charge in [0.15, 0.2) is 0 Å². The van der Waals surface area contributed by atoms with E-state index in [-0.39, 0.29) is 4.82 Å². The number of amides is 1. The minimum Gasteiger partial charge on any atom is -0.306 e. The highest BCUT2D eigenvalue weighted by Gasteiger charge is 2.07. The average Bonchev–Trinajstić information content (AvgIpc) is 2.04. The minimum atomic E-state index is -0.128. The number of carbonyl (C=O) groups excluding carboxylic acids is 1. The van der Waals surface area contributed by atoms with Gasteiger partial charge in [-0.1, -0.05) is 18.2 Å². The highest BCUT2D eigenvalue weighted by molar-refractivity contribution is 9.18. The van der Waals surface area contributed by atoms with Crippen molar-refractivity contribution in [3.05, 3.63) is 29.8 Å². The number of aryl methyl sites for hydroxylation is 1. The van der Waals surface area contributed by atoms with E-state index < -0.39 is 0 Å². The topological polar surface area (TPSA) is 20.3 Å². The van der Waals surface area contributed by atoms with Gasteiger partial charge in [-0.15, -0.1) is 0 Å². The molecule has 0 aliphatic carbocycles. The van der Waals surface area contributed by atoms with Gasteiger partial charge in [-0.3, -0.25) is 4.79 Å². The lowest BCUT2D eigenvalue weighted by Gasteiger charge is -2.15. The van der Waals surface area contributed by atoms with Gasteiger partial charge >= 0.3 is 0 Å². The fourth-order valence-electron chi connectivity index (χ4n) is 1.03. The predicted molar refractivity (Wildman–Crippen MR) is 53.9 cm³/mol. The molecule has 64 valence electrons. The number of carbonyl (C=O) groups is 1. The highest BCUT2D eigenvalue weighted by atomic mass is 79.9. The number of hydrogen-bond acceptors (Lipinski definition) is 1. The molecule has 0 aromatic heterocycles. The Labute approximate surface area is 80.3 Å². The third-order valence-electron chi connectivity index (χ3n) is 1.74. The molecular weight excluding hydrogens is 218 g/mol. The van der Waals surface area contributed by atoms with Crippen molar-refractivity contribution >= 4 is 26.4 Å². The molecule has 0 atom stereocenters. The van der Waals surface area contributed by atoms with E-state index in [2.05, 4.69) is 15.9 Å². The summed E-state index contributed by atoms with van der Waals surface area (Å²) >= 11 is 2.90. The summed E-state index contributed by atoms with van der Waals surface area (Å²) < 4.78 is 0. The second-order valence-electron chi connectivity index (χ2n) is 2.60. The fraction of sp³-hybridized carbons (Fsp3) is 0.222. The number of hydrogen-bond donors (Lipinski definition) is 0. The van der Waals surface area contributed by atoms with Gasteiger partial charge in [0.05, 0.1) is 0 Å². The molecule has 0 spiro atoms. The highest BCUT2D eigenvalue weighted by Crippen LogP contribution is 2.19. The summed E-state index contributed by atoms with van der Waals surface area (Å²) in [7, 11) is 1.74. The number of rotatable bonds is 1. The van der Waals surface area contributed by atoms with Crippen molar-refractivity contribution in [2.75, 3.05) is 11.9 Å².